The van der Waals surface area contributed by atoms with Gasteiger partial charge >= 0.3 is 0 Å². The first kappa shape index (κ1) is 18.5. The molecule has 0 aliphatic carbocycles. The Hall–Kier alpha value is -1.86. The summed E-state index contributed by atoms with van der Waals surface area (Å²) >= 11 is 1.84. The molecule has 3 atom stereocenters. The van der Waals surface area contributed by atoms with Crippen LogP contribution in [0.2, 0.25) is 0 Å². The van der Waals surface area contributed by atoms with Gasteiger partial charge in [0.25, 0.3) is 11.8 Å². The number of nitrogens with zero attached hydrogens (tertiary/aromatic N) is 2. The van der Waals surface area contributed by atoms with Crippen LogP contribution in [0.25, 0.3) is 0 Å². The van der Waals surface area contributed by atoms with Gasteiger partial charge in [0.2, 0.25) is 5.91 Å². The second-order valence-corrected chi connectivity index (χ2v) is 8.49. The number of hydrogen-bond donors (Lipinski definition) is 0. The lowest BCUT2D eigenvalue weighted by molar-refractivity contribution is -0.138. The molecule has 3 unspecified atom stereocenters. The van der Waals surface area contributed by atoms with E-state index >= 15 is 0 Å². The molecular weight excluding hydrogens is 364 g/mol. The number of imide groups is 1. The molecule has 4 rings (SSSR count). The second-order valence-electron chi connectivity index (χ2n) is 7.34. The molecule has 2 fully saturated rings. The smallest absolute Gasteiger partial charge is 0.262 e. The summed E-state index contributed by atoms with van der Waals surface area (Å²) in [6, 6.07) is 6.09. The van der Waals surface area contributed by atoms with E-state index in [0.717, 1.165) is 42.3 Å². The van der Waals surface area contributed by atoms with E-state index in [0.29, 0.717) is 17.7 Å². The number of ether oxygens (including phenoxy) is 1. The molecule has 1 aromatic carbocycles. The summed E-state index contributed by atoms with van der Waals surface area (Å²) in [7, 11) is 0. The third-order valence-electron chi connectivity index (χ3n) is 5.62. The minimum absolute atomic E-state index is 0.0499. The number of thioether (sulfide) groups is 1. The van der Waals surface area contributed by atoms with E-state index in [4.69, 9.17) is 4.74 Å². The molecule has 0 spiro atoms. The van der Waals surface area contributed by atoms with E-state index < -0.39 is 6.04 Å². The monoisotopic (exact) mass is 388 g/mol. The van der Waals surface area contributed by atoms with Crippen molar-refractivity contribution in [3.05, 3.63) is 35.4 Å². The summed E-state index contributed by atoms with van der Waals surface area (Å²) in [5, 5.41) is 0. The highest BCUT2D eigenvalue weighted by Gasteiger charge is 2.43. The SMILES string of the molecule is CC(C(=O)N(CC1CCCO1)C1CCSC1)N1C(=O)c2ccccc2C1=O. The van der Waals surface area contributed by atoms with Crippen molar-refractivity contribution in [1.29, 1.82) is 0 Å². The van der Waals surface area contributed by atoms with Crippen molar-refractivity contribution in [2.45, 2.75) is 44.4 Å². The van der Waals surface area contributed by atoms with Gasteiger partial charge in [-0.1, -0.05) is 12.1 Å². The van der Waals surface area contributed by atoms with Crippen molar-refractivity contribution in [1.82, 2.24) is 9.80 Å². The minimum Gasteiger partial charge on any atom is -0.376 e. The van der Waals surface area contributed by atoms with Crippen LogP contribution < -0.4 is 0 Å². The predicted octanol–water partition coefficient (Wildman–Crippen LogP) is 2.18. The van der Waals surface area contributed by atoms with Gasteiger partial charge in [0.15, 0.2) is 0 Å². The molecule has 3 aliphatic rings. The van der Waals surface area contributed by atoms with Gasteiger partial charge in [0.05, 0.1) is 17.2 Å². The van der Waals surface area contributed by atoms with Gasteiger partial charge in [0, 0.05) is 24.9 Å². The maximum Gasteiger partial charge on any atom is 0.262 e. The molecule has 144 valence electrons. The molecule has 6 nitrogen and oxygen atoms in total. The van der Waals surface area contributed by atoms with Gasteiger partial charge in [-0.3, -0.25) is 19.3 Å². The maximum atomic E-state index is 13.4. The van der Waals surface area contributed by atoms with Gasteiger partial charge in [-0.15, -0.1) is 0 Å². The topological polar surface area (TPSA) is 66.9 Å². The number of hydrogen-bond acceptors (Lipinski definition) is 5. The third-order valence-corrected chi connectivity index (χ3v) is 6.77. The van der Waals surface area contributed by atoms with Crippen LogP contribution in [0.3, 0.4) is 0 Å². The molecule has 0 radical (unpaired) electrons. The zero-order valence-electron chi connectivity index (χ0n) is 15.4. The normalized spacial score (nSPS) is 25.7. The third kappa shape index (κ3) is 3.38. The maximum absolute atomic E-state index is 13.4. The summed E-state index contributed by atoms with van der Waals surface area (Å²) in [5.41, 5.74) is 0.758. The van der Waals surface area contributed by atoms with Crippen LogP contribution in [0.5, 0.6) is 0 Å². The molecule has 0 saturated carbocycles. The van der Waals surface area contributed by atoms with Gasteiger partial charge in [-0.2, -0.15) is 11.8 Å². The van der Waals surface area contributed by atoms with E-state index in [1.54, 1.807) is 31.2 Å². The molecule has 0 N–H and O–H groups in total. The molecule has 3 aliphatic heterocycles. The molecule has 1 aromatic rings. The van der Waals surface area contributed by atoms with Crippen molar-refractivity contribution in [2.75, 3.05) is 24.7 Å². The lowest BCUT2D eigenvalue weighted by Crippen LogP contribution is -2.54. The summed E-state index contributed by atoms with van der Waals surface area (Å²) in [5.74, 6) is 1.01. The van der Waals surface area contributed by atoms with Crippen LogP contribution in [-0.4, -0.2) is 70.4 Å². The molecule has 0 bridgehead atoms. The Kier molecular flexibility index (Phi) is 5.23. The summed E-state index contributed by atoms with van der Waals surface area (Å²) < 4.78 is 5.74. The summed E-state index contributed by atoms with van der Waals surface area (Å²) in [4.78, 5) is 41.8. The molecule has 3 amide bonds. The fourth-order valence-corrected chi connectivity index (χ4v) is 5.33. The first-order chi connectivity index (χ1) is 13.1. The van der Waals surface area contributed by atoms with Gasteiger partial charge in [-0.05, 0) is 44.1 Å². The quantitative estimate of drug-likeness (QED) is 0.724. The van der Waals surface area contributed by atoms with Crippen LogP contribution in [0.4, 0.5) is 0 Å². The average molecular weight is 388 g/mol. The highest BCUT2D eigenvalue weighted by molar-refractivity contribution is 7.99. The van der Waals surface area contributed by atoms with Crippen molar-refractivity contribution >= 4 is 29.5 Å². The number of fused-ring (bicyclic) bond motifs is 1. The number of carbonyl (C=O) groups excluding carboxylic acids is 3. The number of amides is 3. The van der Waals surface area contributed by atoms with Crippen LogP contribution in [0.15, 0.2) is 24.3 Å². The van der Waals surface area contributed by atoms with E-state index in [1.807, 2.05) is 16.7 Å². The lowest BCUT2D eigenvalue weighted by Gasteiger charge is -2.34. The number of carbonyl (C=O) groups is 3. The van der Waals surface area contributed by atoms with Crippen molar-refractivity contribution in [2.24, 2.45) is 0 Å². The lowest BCUT2D eigenvalue weighted by atomic mass is 10.1. The van der Waals surface area contributed by atoms with Crippen molar-refractivity contribution in [3.8, 4) is 0 Å². The Labute approximate surface area is 163 Å². The molecule has 3 heterocycles. The van der Waals surface area contributed by atoms with Crippen molar-refractivity contribution < 1.29 is 19.1 Å². The first-order valence-corrected chi connectivity index (χ1v) is 10.7. The zero-order valence-corrected chi connectivity index (χ0v) is 16.2. The molecule has 7 heteroatoms. The van der Waals surface area contributed by atoms with Gasteiger partial charge < -0.3 is 9.64 Å². The Morgan fingerprint density at radius 1 is 1.26 bits per heavy atom. The first-order valence-electron chi connectivity index (χ1n) is 9.54. The molecule has 2 saturated heterocycles. The van der Waals surface area contributed by atoms with Crippen LogP contribution in [0.1, 0.15) is 46.9 Å². The zero-order chi connectivity index (χ0) is 19.0. The molecular formula is C20H24N2O4S. The van der Waals surface area contributed by atoms with Gasteiger partial charge in [0.1, 0.15) is 6.04 Å². The largest absolute Gasteiger partial charge is 0.376 e. The standard InChI is InChI=1S/C20H24N2O4S/c1-13(22-19(24)16-6-2-3-7-17(16)20(22)25)18(23)21(14-8-10-27-12-14)11-15-5-4-9-26-15/h2-3,6-7,13-15H,4-5,8-12H2,1H3. The fourth-order valence-electron chi connectivity index (χ4n) is 4.10. The number of rotatable bonds is 5. The average Bonchev–Trinajstić information content (AvgIpc) is 3.42. The van der Waals surface area contributed by atoms with Crippen LogP contribution in [0, 0.1) is 0 Å². The van der Waals surface area contributed by atoms with E-state index in [-0.39, 0.29) is 29.9 Å². The van der Waals surface area contributed by atoms with Crippen LogP contribution >= 0.6 is 11.8 Å². The Bertz CT molecular complexity index is 721. The predicted molar refractivity (Wildman–Crippen MR) is 103 cm³/mol. The van der Waals surface area contributed by atoms with E-state index in [1.165, 1.54) is 0 Å². The van der Waals surface area contributed by atoms with E-state index in [2.05, 4.69) is 0 Å². The molecule has 0 aromatic heterocycles. The highest BCUT2D eigenvalue weighted by atomic mass is 32.2. The Morgan fingerprint density at radius 3 is 2.52 bits per heavy atom. The summed E-state index contributed by atoms with van der Waals surface area (Å²) in [6.07, 6.45) is 2.96. The van der Waals surface area contributed by atoms with Crippen molar-refractivity contribution in [3.63, 3.8) is 0 Å². The fraction of sp³-hybridized carbons (Fsp3) is 0.550. The molecule has 27 heavy (non-hydrogen) atoms. The minimum atomic E-state index is -0.815. The second kappa shape index (κ2) is 7.64. The Morgan fingerprint density at radius 2 is 1.96 bits per heavy atom. The van der Waals surface area contributed by atoms with Crippen LogP contribution in [-0.2, 0) is 9.53 Å². The van der Waals surface area contributed by atoms with Gasteiger partial charge in [-0.25, -0.2) is 0 Å². The Balaban J connectivity index is 1.55. The van der Waals surface area contributed by atoms with E-state index in [9.17, 15) is 14.4 Å². The summed E-state index contributed by atoms with van der Waals surface area (Å²) in [6.45, 7) is 2.94. The number of benzene rings is 1. The highest BCUT2D eigenvalue weighted by Crippen LogP contribution is 2.28.